The molecule has 1 aromatic carbocycles. The van der Waals surface area contributed by atoms with Crippen LogP contribution in [-0.4, -0.2) is 16.9 Å². The molecule has 2 N–H and O–H groups in total. The Kier molecular flexibility index (Phi) is 3.17. The number of rotatable bonds is 3. The highest BCUT2D eigenvalue weighted by molar-refractivity contribution is 6.05. The maximum absolute atomic E-state index is 12.7. The van der Waals surface area contributed by atoms with Crippen molar-refractivity contribution < 1.29 is 14.7 Å². The fourth-order valence-corrected chi connectivity index (χ4v) is 4.04. The Bertz CT molecular complexity index is 689. The molecule has 22 heavy (non-hydrogen) atoms. The van der Waals surface area contributed by atoms with Gasteiger partial charge in [0.25, 0.3) is 0 Å². The van der Waals surface area contributed by atoms with E-state index in [2.05, 4.69) is 26.1 Å². The van der Waals surface area contributed by atoms with Gasteiger partial charge in [-0.1, -0.05) is 32.9 Å². The van der Waals surface area contributed by atoms with Gasteiger partial charge < -0.3 is 10.4 Å². The number of carbonyl (C=O) groups excluding carboxylic acids is 1. The first-order valence-corrected chi connectivity index (χ1v) is 7.63. The van der Waals surface area contributed by atoms with Gasteiger partial charge in [0.2, 0.25) is 0 Å². The predicted molar refractivity (Wildman–Crippen MR) is 84.7 cm³/mol. The van der Waals surface area contributed by atoms with Crippen LogP contribution < -0.4 is 5.32 Å². The Morgan fingerprint density at radius 3 is 2.59 bits per heavy atom. The van der Waals surface area contributed by atoms with Gasteiger partial charge in [-0.05, 0) is 36.3 Å². The fourth-order valence-electron chi connectivity index (χ4n) is 4.04. The van der Waals surface area contributed by atoms with Crippen molar-refractivity contribution in [1.29, 1.82) is 0 Å². The topological polar surface area (TPSA) is 66.4 Å². The summed E-state index contributed by atoms with van der Waals surface area (Å²) >= 11 is 0. The largest absolute Gasteiger partial charge is 0.478 e. The van der Waals surface area contributed by atoms with Crippen LogP contribution in [0.15, 0.2) is 36.0 Å². The molecule has 0 aliphatic heterocycles. The van der Waals surface area contributed by atoms with E-state index in [4.69, 9.17) is 0 Å². The minimum Gasteiger partial charge on any atom is -0.478 e. The summed E-state index contributed by atoms with van der Waals surface area (Å²) in [5.41, 5.74) is 1.20. The van der Waals surface area contributed by atoms with Crippen LogP contribution in [-0.2, 0) is 4.79 Å². The highest BCUT2D eigenvalue weighted by Crippen LogP contribution is 2.65. The van der Waals surface area contributed by atoms with Crippen molar-refractivity contribution in [3.63, 3.8) is 0 Å². The van der Waals surface area contributed by atoms with Crippen molar-refractivity contribution in [3.05, 3.63) is 41.6 Å². The number of hydrogen-bond donors (Lipinski definition) is 2. The average molecular weight is 299 g/mol. The molecule has 2 bridgehead atoms. The zero-order valence-corrected chi connectivity index (χ0v) is 13.1. The standard InChI is InChI=1S/C18H21NO3/c1-17(2)13-8-9-18(17,3)15(20)12(13)10-19-14-7-5-4-6-11(14)16(21)22/h4-7,10,13,19H,8-9H2,1-3H3,(H,21,22)/t13-,18+/m1/s1. The van der Waals surface area contributed by atoms with E-state index in [-0.39, 0.29) is 28.1 Å². The number of anilines is 1. The SMILES string of the molecule is CC1(C)[C@@H]2CC[C@@]1(C)C(=O)C2=CNc1ccccc1C(=O)O. The molecule has 116 valence electrons. The molecule has 0 radical (unpaired) electrons. The van der Waals surface area contributed by atoms with E-state index >= 15 is 0 Å². The molecule has 0 amide bonds. The lowest BCUT2D eigenvalue weighted by Crippen LogP contribution is -2.32. The molecule has 4 heteroatoms. The van der Waals surface area contributed by atoms with Crippen LogP contribution in [0.5, 0.6) is 0 Å². The van der Waals surface area contributed by atoms with E-state index in [0.717, 1.165) is 18.4 Å². The lowest BCUT2D eigenvalue weighted by Gasteiger charge is -2.31. The van der Waals surface area contributed by atoms with E-state index in [1.54, 1.807) is 30.5 Å². The number of carboxylic acids is 1. The first-order valence-electron chi connectivity index (χ1n) is 7.63. The number of carbonyl (C=O) groups is 2. The summed E-state index contributed by atoms with van der Waals surface area (Å²) in [5.74, 6) is -0.531. The van der Waals surface area contributed by atoms with Crippen LogP contribution in [0, 0.1) is 16.7 Å². The molecule has 0 heterocycles. The number of fused-ring (bicyclic) bond motifs is 2. The van der Waals surface area contributed by atoms with Gasteiger partial charge in [-0.15, -0.1) is 0 Å². The molecule has 0 aromatic heterocycles. The Morgan fingerprint density at radius 2 is 2.00 bits per heavy atom. The van der Waals surface area contributed by atoms with E-state index in [1.165, 1.54) is 0 Å². The molecule has 2 aliphatic rings. The monoisotopic (exact) mass is 299 g/mol. The number of benzene rings is 1. The number of carboxylic acid groups (broad SMARTS) is 1. The van der Waals surface area contributed by atoms with Gasteiger partial charge in [0.15, 0.2) is 5.78 Å². The third-order valence-corrected chi connectivity index (χ3v) is 5.91. The molecule has 4 nitrogen and oxygen atoms in total. The second-order valence-electron chi connectivity index (χ2n) is 7.07. The summed E-state index contributed by atoms with van der Waals surface area (Å²) in [4.78, 5) is 24.0. The number of Topliss-reactive ketones (excluding diaryl/α,β-unsaturated/α-hetero) is 1. The molecule has 2 atom stereocenters. The Morgan fingerprint density at radius 1 is 1.32 bits per heavy atom. The summed E-state index contributed by atoms with van der Waals surface area (Å²) in [6, 6.07) is 6.73. The Labute approximate surface area is 130 Å². The Hall–Kier alpha value is -2.10. The minimum absolute atomic E-state index is 0.0378. The molecule has 2 saturated carbocycles. The lowest BCUT2D eigenvalue weighted by atomic mass is 9.70. The van der Waals surface area contributed by atoms with E-state index < -0.39 is 5.97 Å². The Balaban J connectivity index is 1.93. The number of aromatic carboxylic acids is 1. The first kappa shape index (κ1) is 14.8. The van der Waals surface area contributed by atoms with Crippen LogP contribution in [0.4, 0.5) is 5.69 Å². The van der Waals surface area contributed by atoms with E-state index in [1.807, 2.05) is 0 Å². The molecule has 2 aliphatic carbocycles. The van der Waals surface area contributed by atoms with E-state index in [9.17, 15) is 14.7 Å². The molecule has 2 fully saturated rings. The number of ketones is 1. The molecule has 0 unspecified atom stereocenters. The maximum Gasteiger partial charge on any atom is 0.337 e. The van der Waals surface area contributed by atoms with Crippen molar-refractivity contribution in [2.75, 3.05) is 5.32 Å². The maximum atomic E-state index is 12.7. The summed E-state index contributed by atoms with van der Waals surface area (Å²) in [5, 5.41) is 12.3. The summed E-state index contributed by atoms with van der Waals surface area (Å²) in [7, 11) is 0. The van der Waals surface area contributed by atoms with Crippen LogP contribution in [0.3, 0.4) is 0 Å². The first-order chi connectivity index (χ1) is 10.3. The van der Waals surface area contributed by atoms with Gasteiger partial charge in [-0.25, -0.2) is 4.79 Å². The van der Waals surface area contributed by atoms with Gasteiger partial charge in [0.05, 0.1) is 11.3 Å². The lowest BCUT2D eigenvalue weighted by molar-refractivity contribution is -0.125. The molecular formula is C18H21NO3. The van der Waals surface area contributed by atoms with Crippen LogP contribution in [0.25, 0.3) is 0 Å². The average Bonchev–Trinajstić information content (AvgIpc) is 2.78. The quantitative estimate of drug-likeness (QED) is 0.835. The highest BCUT2D eigenvalue weighted by atomic mass is 16.4. The molecule has 0 saturated heterocycles. The molecule has 1 aromatic rings. The van der Waals surface area contributed by atoms with Crippen molar-refractivity contribution in [2.45, 2.75) is 33.6 Å². The number of hydrogen-bond acceptors (Lipinski definition) is 3. The van der Waals surface area contributed by atoms with Crippen LogP contribution in [0.1, 0.15) is 44.0 Å². The number of para-hydroxylation sites is 1. The van der Waals surface area contributed by atoms with Gasteiger partial charge in [0, 0.05) is 17.2 Å². The van der Waals surface area contributed by atoms with Gasteiger partial charge >= 0.3 is 5.97 Å². The number of allylic oxidation sites excluding steroid dienone is 1. The second kappa shape index (κ2) is 4.70. The molecule has 3 rings (SSSR count). The van der Waals surface area contributed by atoms with Crippen molar-refractivity contribution >= 4 is 17.4 Å². The zero-order chi connectivity index (χ0) is 16.1. The van der Waals surface area contributed by atoms with Crippen LogP contribution in [0.2, 0.25) is 0 Å². The van der Waals surface area contributed by atoms with Crippen molar-refractivity contribution in [1.82, 2.24) is 0 Å². The van der Waals surface area contributed by atoms with Gasteiger partial charge in [-0.3, -0.25) is 4.79 Å². The third-order valence-electron chi connectivity index (χ3n) is 5.91. The van der Waals surface area contributed by atoms with Crippen LogP contribution >= 0.6 is 0 Å². The van der Waals surface area contributed by atoms with Crippen molar-refractivity contribution in [3.8, 4) is 0 Å². The highest BCUT2D eigenvalue weighted by Gasteiger charge is 2.63. The van der Waals surface area contributed by atoms with Crippen molar-refractivity contribution in [2.24, 2.45) is 16.7 Å². The summed E-state index contributed by atoms with van der Waals surface area (Å²) in [6.45, 7) is 6.38. The molecule has 0 spiro atoms. The molecular weight excluding hydrogens is 278 g/mol. The summed E-state index contributed by atoms with van der Waals surface area (Å²) in [6.07, 6.45) is 3.68. The van der Waals surface area contributed by atoms with Gasteiger partial charge in [0.1, 0.15) is 0 Å². The normalized spacial score (nSPS) is 30.8. The second-order valence-corrected chi connectivity index (χ2v) is 7.07. The zero-order valence-electron chi connectivity index (χ0n) is 13.1. The number of nitrogens with one attached hydrogen (secondary N) is 1. The van der Waals surface area contributed by atoms with Gasteiger partial charge in [-0.2, -0.15) is 0 Å². The minimum atomic E-state index is -0.979. The van der Waals surface area contributed by atoms with E-state index in [0.29, 0.717) is 5.69 Å². The smallest absolute Gasteiger partial charge is 0.337 e. The third kappa shape index (κ3) is 1.83. The predicted octanol–water partition coefficient (Wildman–Crippen LogP) is 3.71. The summed E-state index contributed by atoms with van der Waals surface area (Å²) < 4.78 is 0. The fraction of sp³-hybridized carbons (Fsp3) is 0.444.